The Morgan fingerprint density at radius 3 is 1.75 bits per heavy atom. The topological polar surface area (TPSA) is 35.6 Å². The van der Waals surface area contributed by atoms with Crippen molar-refractivity contribution in [2.45, 2.75) is 13.1 Å². The van der Waals surface area contributed by atoms with Crippen LogP contribution in [0, 0.1) is 0 Å². The third kappa shape index (κ3) is 4.35. The Bertz CT molecular complexity index is 3040. The normalized spacial score (nSPS) is 13.2. The molecule has 0 spiro atoms. The second-order valence-corrected chi connectivity index (χ2v) is 18.9. The molecule has 0 atom stereocenters. The van der Waals surface area contributed by atoms with Gasteiger partial charge in [-0.15, -0.1) is 0 Å². The summed E-state index contributed by atoms with van der Waals surface area (Å²) >= 11 is 0. The minimum atomic E-state index is -2.16. The molecule has 0 fully saturated rings. The van der Waals surface area contributed by atoms with E-state index in [4.69, 9.17) is 9.97 Å². The predicted molar refractivity (Wildman–Crippen MR) is 224 cm³/mol. The monoisotopic (exact) mass is 694 g/mol. The Balaban J connectivity index is 1.19. The molecule has 0 amide bonds. The summed E-state index contributed by atoms with van der Waals surface area (Å²) in [4.78, 5) is 11.1. The van der Waals surface area contributed by atoms with Crippen molar-refractivity contribution < 1.29 is 0 Å². The van der Waals surface area contributed by atoms with Crippen molar-refractivity contribution in [3.8, 4) is 45.1 Å². The van der Waals surface area contributed by atoms with Gasteiger partial charge in [-0.25, -0.2) is 9.97 Å². The summed E-state index contributed by atoms with van der Waals surface area (Å²) in [5.74, 6) is 0.727. The zero-order valence-corrected chi connectivity index (χ0v) is 30.5. The van der Waals surface area contributed by atoms with Crippen LogP contribution in [0.1, 0.15) is 0 Å². The Labute approximate surface area is 308 Å². The summed E-state index contributed by atoms with van der Waals surface area (Å²) in [5.41, 5.74) is 12.7. The van der Waals surface area contributed by atoms with Gasteiger partial charge in [0.05, 0.1) is 27.8 Å². The number of aromatic nitrogens is 4. The van der Waals surface area contributed by atoms with Crippen molar-refractivity contribution in [3.63, 3.8) is 0 Å². The lowest BCUT2D eigenvalue weighted by atomic mass is 9.99. The smallest absolute Gasteiger partial charge is 0.235 e. The summed E-state index contributed by atoms with van der Waals surface area (Å²) in [6, 6.07) is 61.3. The van der Waals surface area contributed by atoms with Crippen LogP contribution in [-0.2, 0) is 0 Å². The average molecular weight is 695 g/mol. The second kappa shape index (κ2) is 11.2. The van der Waals surface area contributed by atoms with Gasteiger partial charge in [0.1, 0.15) is 8.07 Å². The fraction of sp³-hybridized carbons (Fsp3) is 0.0417. The highest BCUT2D eigenvalue weighted by atomic mass is 28.3. The van der Waals surface area contributed by atoms with Crippen LogP contribution >= 0.6 is 0 Å². The van der Waals surface area contributed by atoms with Crippen molar-refractivity contribution in [3.05, 3.63) is 170 Å². The van der Waals surface area contributed by atoms with Gasteiger partial charge in [-0.3, -0.25) is 4.57 Å². The van der Waals surface area contributed by atoms with Crippen LogP contribution in [0.4, 0.5) is 0 Å². The maximum atomic E-state index is 5.59. The largest absolute Gasteiger partial charge is 0.309 e. The van der Waals surface area contributed by atoms with Gasteiger partial charge < -0.3 is 4.57 Å². The minimum absolute atomic E-state index is 0.727. The van der Waals surface area contributed by atoms with Crippen molar-refractivity contribution >= 4 is 62.2 Å². The molecule has 0 bridgehead atoms. The number of hydrogen-bond donors (Lipinski definition) is 0. The molecule has 53 heavy (non-hydrogen) atoms. The first kappa shape index (κ1) is 30.1. The number of fused-ring (bicyclic) bond motifs is 9. The molecule has 10 aromatic rings. The maximum Gasteiger partial charge on any atom is 0.235 e. The van der Waals surface area contributed by atoms with Gasteiger partial charge in [0.25, 0.3) is 0 Å². The lowest BCUT2D eigenvalue weighted by Gasteiger charge is -2.19. The van der Waals surface area contributed by atoms with E-state index in [-0.39, 0.29) is 0 Å². The zero-order valence-electron chi connectivity index (χ0n) is 29.5. The van der Waals surface area contributed by atoms with Crippen LogP contribution in [0.15, 0.2) is 170 Å². The van der Waals surface area contributed by atoms with E-state index in [2.05, 4.69) is 192 Å². The highest BCUT2D eigenvalue weighted by molar-refractivity contribution is 7.03. The molecule has 0 radical (unpaired) electrons. The second-order valence-electron chi connectivity index (χ2n) is 14.6. The van der Waals surface area contributed by atoms with Crippen molar-refractivity contribution in [2.75, 3.05) is 0 Å². The number of nitrogens with zero attached hydrogens (tertiary/aromatic N) is 4. The van der Waals surface area contributed by atoms with E-state index in [0.717, 1.165) is 33.9 Å². The van der Waals surface area contributed by atoms with Gasteiger partial charge in [0.15, 0.2) is 0 Å². The summed E-state index contributed by atoms with van der Waals surface area (Å²) in [6.07, 6.45) is 0. The number of rotatable bonds is 4. The molecule has 0 N–H and O–H groups in total. The van der Waals surface area contributed by atoms with Gasteiger partial charge in [0.2, 0.25) is 5.95 Å². The fourth-order valence-corrected chi connectivity index (χ4v) is 11.7. The van der Waals surface area contributed by atoms with Crippen molar-refractivity contribution in [1.82, 2.24) is 19.1 Å². The van der Waals surface area contributed by atoms with Crippen molar-refractivity contribution in [2.24, 2.45) is 0 Å². The Hall–Kier alpha value is -6.56. The molecule has 250 valence electrons. The van der Waals surface area contributed by atoms with Gasteiger partial charge >= 0.3 is 0 Å². The summed E-state index contributed by atoms with van der Waals surface area (Å²) in [7, 11) is -2.16. The lowest BCUT2D eigenvalue weighted by molar-refractivity contribution is 1.01. The van der Waals surface area contributed by atoms with E-state index < -0.39 is 8.07 Å². The third-order valence-corrected chi connectivity index (χ3v) is 14.6. The first-order valence-electron chi connectivity index (χ1n) is 18.3. The Morgan fingerprint density at radius 1 is 0.434 bits per heavy atom. The minimum Gasteiger partial charge on any atom is -0.309 e. The van der Waals surface area contributed by atoms with E-state index in [1.165, 1.54) is 65.3 Å². The molecular formula is C48H34N4Si. The fourth-order valence-electron chi connectivity index (χ4n) is 8.83. The van der Waals surface area contributed by atoms with Gasteiger partial charge in [-0.2, -0.15) is 0 Å². The molecular weight excluding hydrogens is 661 g/mol. The van der Waals surface area contributed by atoms with E-state index >= 15 is 0 Å². The summed E-state index contributed by atoms with van der Waals surface area (Å²) in [6.45, 7) is 4.87. The quantitative estimate of drug-likeness (QED) is 0.172. The van der Waals surface area contributed by atoms with E-state index in [1.54, 1.807) is 0 Å². The zero-order chi connectivity index (χ0) is 35.3. The maximum absolute atomic E-state index is 5.59. The van der Waals surface area contributed by atoms with Gasteiger partial charge in [-0.05, 0) is 64.3 Å². The highest BCUT2D eigenvalue weighted by Gasteiger charge is 2.41. The van der Waals surface area contributed by atoms with Crippen LogP contribution in [0.2, 0.25) is 13.1 Å². The molecule has 11 rings (SSSR count). The Morgan fingerprint density at radius 2 is 1.02 bits per heavy atom. The molecule has 7 aromatic carbocycles. The van der Waals surface area contributed by atoms with Crippen LogP contribution in [0.25, 0.3) is 88.8 Å². The third-order valence-electron chi connectivity index (χ3n) is 11.3. The molecule has 4 nitrogen and oxygen atoms in total. The molecule has 4 heterocycles. The number of para-hydroxylation sites is 3. The number of benzene rings is 7. The summed E-state index contributed by atoms with van der Waals surface area (Å²) < 4.78 is 4.67. The SMILES string of the molecule is C[Si]1(C)c2ccccc2-c2c(-c3ccc4c(c3)c3ccccc3n4-c3cccc(-c4ccccc4)c3)nc(-n3c4ccccc4c4ccccc43)nc21. The predicted octanol–water partition coefficient (Wildman–Crippen LogP) is 10.8. The first-order valence-corrected chi connectivity index (χ1v) is 21.3. The molecule has 0 aliphatic carbocycles. The highest BCUT2D eigenvalue weighted by Crippen LogP contribution is 2.40. The van der Waals surface area contributed by atoms with Gasteiger partial charge in [0, 0.05) is 43.7 Å². The molecule has 0 saturated carbocycles. The standard InChI is InChI=1S/C48H34N4Si/c1-53(2)44-26-13-9-22-38(44)45-46(49-48(50-47(45)53)52-41-24-11-6-19-35(41)36-20-7-12-25-42(36)52)33-27-28-43-39(30-33)37-21-8-10-23-40(37)51(43)34-18-14-17-32(29-34)31-15-4-3-5-16-31/h3-30H,1-2H3. The van der Waals surface area contributed by atoms with Gasteiger partial charge in [-0.1, -0.05) is 140 Å². The average Bonchev–Trinajstić information content (AvgIpc) is 3.81. The van der Waals surface area contributed by atoms with E-state index in [0.29, 0.717) is 0 Å². The first-order chi connectivity index (χ1) is 26.1. The van der Waals surface area contributed by atoms with Crippen molar-refractivity contribution in [1.29, 1.82) is 0 Å². The van der Waals surface area contributed by atoms with Crippen LogP contribution in [0.5, 0.6) is 0 Å². The molecule has 0 saturated heterocycles. The van der Waals surface area contributed by atoms with Crippen LogP contribution in [-0.4, -0.2) is 27.2 Å². The van der Waals surface area contributed by atoms with E-state index in [9.17, 15) is 0 Å². The van der Waals surface area contributed by atoms with E-state index in [1.807, 2.05) is 0 Å². The molecule has 1 aliphatic rings. The molecule has 3 aromatic heterocycles. The van der Waals surface area contributed by atoms with Crippen LogP contribution in [0.3, 0.4) is 0 Å². The molecule has 1 aliphatic heterocycles. The Kier molecular flexibility index (Phi) is 6.37. The van der Waals surface area contributed by atoms with Crippen LogP contribution < -0.4 is 10.5 Å². The molecule has 0 unspecified atom stereocenters. The number of hydrogen-bond acceptors (Lipinski definition) is 2. The summed E-state index contributed by atoms with van der Waals surface area (Å²) in [5, 5.41) is 7.45. The molecule has 5 heteroatoms. The lowest BCUT2D eigenvalue weighted by Crippen LogP contribution is -2.51.